The van der Waals surface area contributed by atoms with Gasteiger partial charge < -0.3 is 20.9 Å². The molecule has 1 aromatic rings. The van der Waals surface area contributed by atoms with Crippen LogP contribution in [-0.4, -0.2) is 47.6 Å². The molecule has 1 rings (SSSR count). The summed E-state index contributed by atoms with van der Waals surface area (Å²) in [5.41, 5.74) is 5.65. The fraction of sp³-hybridized carbons (Fsp3) is 0.500. The zero-order valence-electron chi connectivity index (χ0n) is 8.19. The van der Waals surface area contributed by atoms with Gasteiger partial charge in [-0.05, 0) is 0 Å². The van der Waals surface area contributed by atoms with Crippen molar-refractivity contribution >= 4 is 11.7 Å². The van der Waals surface area contributed by atoms with Gasteiger partial charge in [-0.2, -0.15) is 5.10 Å². The lowest BCUT2D eigenvalue weighted by Gasteiger charge is -2.03. The number of nitrogens with zero attached hydrogens (tertiary/aromatic N) is 1. The average molecular weight is 214 g/mol. The lowest BCUT2D eigenvalue weighted by Crippen LogP contribution is -2.27. The molecule has 84 valence electrons. The van der Waals surface area contributed by atoms with Crippen molar-refractivity contribution in [3.63, 3.8) is 0 Å². The summed E-state index contributed by atoms with van der Waals surface area (Å²) < 4.78 is 4.96. The Morgan fingerprint density at radius 2 is 2.47 bits per heavy atom. The zero-order valence-corrected chi connectivity index (χ0v) is 8.19. The molecule has 0 bridgehead atoms. The van der Waals surface area contributed by atoms with Crippen molar-refractivity contribution in [1.29, 1.82) is 0 Å². The van der Waals surface area contributed by atoms with E-state index in [1.54, 1.807) is 0 Å². The molecule has 0 aromatic carbocycles. The van der Waals surface area contributed by atoms with Crippen molar-refractivity contribution < 1.29 is 14.6 Å². The molecular weight excluding hydrogens is 200 g/mol. The van der Waals surface area contributed by atoms with Crippen LogP contribution in [0.2, 0.25) is 0 Å². The van der Waals surface area contributed by atoms with Gasteiger partial charge in [0.05, 0.1) is 19.8 Å². The topological polar surface area (TPSA) is 113 Å². The molecule has 0 aliphatic carbocycles. The maximum atomic E-state index is 11.3. The Bertz CT molecular complexity index is 313. The third-order valence-electron chi connectivity index (χ3n) is 1.61. The Labute approximate surface area is 86.6 Å². The number of nitrogens with two attached hydrogens (primary N) is 1. The highest BCUT2D eigenvalue weighted by atomic mass is 16.5. The number of rotatable bonds is 6. The van der Waals surface area contributed by atoms with Gasteiger partial charge in [0.2, 0.25) is 0 Å². The van der Waals surface area contributed by atoms with Gasteiger partial charge in [0, 0.05) is 12.6 Å². The first kappa shape index (κ1) is 11.5. The number of aromatic nitrogens is 2. The first-order valence-corrected chi connectivity index (χ1v) is 4.51. The minimum atomic E-state index is -0.285. The number of anilines is 1. The fourth-order valence-electron chi connectivity index (χ4n) is 0.952. The standard InChI is InChI=1S/C8H14N4O3/c9-7-5-6(11-12-7)8(14)10-1-3-15-4-2-13/h5,13H,1-4H2,(H,10,14)(H3,9,11,12). The quantitative estimate of drug-likeness (QED) is 0.441. The van der Waals surface area contributed by atoms with Crippen LogP contribution in [0.3, 0.4) is 0 Å². The molecule has 7 nitrogen and oxygen atoms in total. The molecule has 0 saturated heterocycles. The van der Waals surface area contributed by atoms with Crippen LogP contribution in [0.4, 0.5) is 5.82 Å². The fourth-order valence-corrected chi connectivity index (χ4v) is 0.952. The number of amides is 1. The van der Waals surface area contributed by atoms with Gasteiger partial charge in [-0.15, -0.1) is 0 Å². The number of H-pyrrole nitrogens is 1. The Morgan fingerprint density at radius 1 is 1.67 bits per heavy atom. The van der Waals surface area contributed by atoms with Crippen molar-refractivity contribution in [2.24, 2.45) is 0 Å². The predicted octanol–water partition coefficient (Wildman–Crippen LogP) is -1.27. The number of ether oxygens (including phenoxy) is 1. The predicted molar refractivity (Wildman–Crippen MR) is 53.2 cm³/mol. The smallest absolute Gasteiger partial charge is 0.269 e. The molecule has 15 heavy (non-hydrogen) atoms. The molecule has 1 heterocycles. The number of hydrogen-bond donors (Lipinski definition) is 4. The highest BCUT2D eigenvalue weighted by molar-refractivity contribution is 5.92. The second kappa shape index (κ2) is 5.99. The van der Waals surface area contributed by atoms with Gasteiger partial charge in [-0.25, -0.2) is 0 Å². The molecular formula is C8H14N4O3. The van der Waals surface area contributed by atoms with Crippen LogP contribution in [0, 0.1) is 0 Å². The van der Waals surface area contributed by atoms with Gasteiger partial charge in [0.15, 0.2) is 0 Å². The van der Waals surface area contributed by atoms with Gasteiger partial charge in [0.1, 0.15) is 11.5 Å². The molecule has 1 aromatic heterocycles. The number of carbonyl (C=O) groups is 1. The molecule has 0 unspecified atom stereocenters. The van der Waals surface area contributed by atoms with Crippen molar-refractivity contribution in [2.45, 2.75) is 0 Å². The van der Waals surface area contributed by atoms with E-state index in [4.69, 9.17) is 15.6 Å². The molecule has 7 heteroatoms. The van der Waals surface area contributed by atoms with Gasteiger partial charge >= 0.3 is 0 Å². The van der Waals surface area contributed by atoms with Crippen molar-refractivity contribution in [3.8, 4) is 0 Å². The summed E-state index contributed by atoms with van der Waals surface area (Å²) in [6.07, 6.45) is 0. The van der Waals surface area contributed by atoms with E-state index in [2.05, 4.69) is 15.5 Å². The molecule has 0 spiro atoms. The van der Waals surface area contributed by atoms with Gasteiger partial charge in [0.25, 0.3) is 5.91 Å². The SMILES string of the molecule is Nc1cc(C(=O)NCCOCCO)[nH]n1. The molecule has 0 saturated carbocycles. The normalized spacial score (nSPS) is 10.2. The Morgan fingerprint density at radius 3 is 3.07 bits per heavy atom. The summed E-state index contributed by atoms with van der Waals surface area (Å²) in [6.45, 7) is 0.978. The third kappa shape index (κ3) is 3.96. The molecule has 0 fully saturated rings. The second-order valence-corrected chi connectivity index (χ2v) is 2.80. The summed E-state index contributed by atoms with van der Waals surface area (Å²) in [5.74, 6) is -0.0107. The number of nitrogens with one attached hydrogen (secondary N) is 2. The van der Waals surface area contributed by atoms with E-state index in [1.807, 2.05) is 0 Å². The minimum Gasteiger partial charge on any atom is -0.394 e. The van der Waals surface area contributed by atoms with E-state index < -0.39 is 0 Å². The van der Waals surface area contributed by atoms with E-state index in [-0.39, 0.29) is 24.9 Å². The summed E-state index contributed by atoms with van der Waals surface area (Å²) in [5, 5.41) is 17.1. The minimum absolute atomic E-state index is 0.0228. The molecule has 0 atom stereocenters. The summed E-state index contributed by atoms with van der Waals surface area (Å²) >= 11 is 0. The molecule has 0 aliphatic rings. The van der Waals surface area contributed by atoms with Crippen LogP contribution >= 0.6 is 0 Å². The molecule has 0 aliphatic heterocycles. The van der Waals surface area contributed by atoms with Crippen LogP contribution in [0.15, 0.2) is 6.07 Å². The van der Waals surface area contributed by atoms with E-state index in [9.17, 15) is 4.79 Å². The number of aromatic amines is 1. The Balaban J connectivity index is 2.19. The first-order valence-electron chi connectivity index (χ1n) is 4.51. The van der Waals surface area contributed by atoms with Gasteiger partial charge in [-0.1, -0.05) is 0 Å². The zero-order chi connectivity index (χ0) is 11.1. The maximum absolute atomic E-state index is 11.3. The van der Waals surface area contributed by atoms with Gasteiger partial charge in [-0.3, -0.25) is 9.89 Å². The maximum Gasteiger partial charge on any atom is 0.269 e. The van der Waals surface area contributed by atoms with Crippen LogP contribution in [0.1, 0.15) is 10.5 Å². The van der Waals surface area contributed by atoms with Crippen molar-refractivity contribution in [2.75, 3.05) is 32.1 Å². The second-order valence-electron chi connectivity index (χ2n) is 2.80. The summed E-state index contributed by atoms with van der Waals surface area (Å²) in [7, 11) is 0. The monoisotopic (exact) mass is 214 g/mol. The van der Waals surface area contributed by atoms with Crippen LogP contribution in [0.5, 0.6) is 0 Å². The third-order valence-corrected chi connectivity index (χ3v) is 1.61. The lowest BCUT2D eigenvalue weighted by atomic mass is 10.4. The highest BCUT2D eigenvalue weighted by Gasteiger charge is 2.07. The molecule has 5 N–H and O–H groups in total. The highest BCUT2D eigenvalue weighted by Crippen LogP contribution is 1.99. The number of hydrogen-bond acceptors (Lipinski definition) is 5. The van der Waals surface area contributed by atoms with E-state index >= 15 is 0 Å². The van der Waals surface area contributed by atoms with E-state index in [0.717, 1.165) is 0 Å². The number of aliphatic hydroxyl groups excluding tert-OH is 1. The lowest BCUT2D eigenvalue weighted by molar-refractivity contribution is 0.0835. The summed E-state index contributed by atoms with van der Waals surface area (Å²) in [4.78, 5) is 11.3. The number of nitrogen functional groups attached to an aromatic ring is 1. The largest absolute Gasteiger partial charge is 0.394 e. The van der Waals surface area contributed by atoms with E-state index in [0.29, 0.717) is 18.8 Å². The average Bonchev–Trinajstić information content (AvgIpc) is 2.64. The first-order chi connectivity index (χ1) is 7.24. The van der Waals surface area contributed by atoms with Crippen molar-refractivity contribution in [3.05, 3.63) is 11.8 Å². The molecule has 0 radical (unpaired) electrons. The van der Waals surface area contributed by atoms with Crippen molar-refractivity contribution in [1.82, 2.24) is 15.5 Å². The summed E-state index contributed by atoms with van der Waals surface area (Å²) in [6, 6.07) is 1.45. The van der Waals surface area contributed by atoms with Crippen LogP contribution < -0.4 is 11.1 Å². The number of aliphatic hydroxyl groups is 1. The molecule has 1 amide bonds. The van der Waals surface area contributed by atoms with Crippen LogP contribution in [-0.2, 0) is 4.74 Å². The number of carbonyl (C=O) groups excluding carboxylic acids is 1. The van der Waals surface area contributed by atoms with E-state index in [1.165, 1.54) is 6.07 Å². The Hall–Kier alpha value is -1.60. The Kier molecular flexibility index (Phi) is 4.58. The van der Waals surface area contributed by atoms with Crippen LogP contribution in [0.25, 0.3) is 0 Å².